The number of benzene rings is 2. The van der Waals surface area contributed by atoms with Gasteiger partial charge in [-0.3, -0.25) is 18.6 Å². The van der Waals surface area contributed by atoms with Crippen LogP contribution < -0.4 is 5.56 Å². The maximum atomic E-state index is 12.9. The molecule has 7 heteroatoms. The molecular weight excluding hydrogens is 396 g/mol. The fourth-order valence-corrected chi connectivity index (χ4v) is 4.45. The lowest BCUT2D eigenvalue weighted by Gasteiger charge is -2.10. The highest BCUT2D eigenvalue weighted by Gasteiger charge is 2.17. The van der Waals surface area contributed by atoms with E-state index in [2.05, 4.69) is 17.1 Å². The molecule has 6 nitrogen and oxygen atoms in total. The summed E-state index contributed by atoms with van der Waals surface area (Å²) < 4.78 is 3.54. The Hall–Kier alpha value is -2.93. The fourth-order valence-electron chi connectivity index (χ4n) is 3.61. The van der Waals surface area contributed by atoms with E-state index in [0.717, 1.165) is 24.8 Å². The SMILES string of the molecule is CCCc1ccc(C(=O)CSc2nnc3n(CCC)c(=O)c4ccccc4n23)cc1. The summed E-state index contributed by atoms with van der Waals surface area (Å²) in [4.78, 5) is 25.6. The number of carbonyl (C=O) groups excluding carboxylic acids is 1. The van der Waals surface area contributed by atoms with Crippen LogP contribution in [0.5, 0.6) is 0 Å². The smallest absolute Gasteiger partial charge is 0.262 e. The minimum Gasteiger partial charge on any atom is -0.293 e. The van der Waals surface area contributed by atoms with Gasteiger partial charge in [0.25, 0.3) is 5.56 Å². The molecule has 0 saturated carbocycles. The summed E-state index contributed by atoms with van der Waals surface area (Å²) >= 11 is 1.35. The highest BCUT2D eigenvalue weighted by Crippen LogP contribution is 2.22. The van der Waals surface area contributed by atoms with Crippen molar-refractivity contribution in [1.29, 1.82) is 0 Å². The molecule has 2 aromatic carbocycles. The van der Waals surface area contributed by atoms with E-state index in [9.17, 15) is 9.59 Å². The van der Waals surface area contributed by atoms with Crippen molar-refractivity contribution in [2.45, 2.75) is 44.8 Å². The van der Waals surface area contributed by atoms with E-state index in [0.29, 0.717) is 28.4 Å². The van der Waals surface area contributed by atoms with Gasteiger partial charge in [0.2, 0.25) is 5.78 Å². The third-order valence-corrected chi connectivity index (χ3v) is 6.00. The summed E-state index contributed by atoms with van der Waals surface area (Å²) in [6.07, 6.45) is 2.91. The second kappa shape index (κ2) is 8.83. The Morgan fingerprint density at radius 1 is 1.00 bits per heavy atom. The van der Waals surface area contributed by atoms with Crippen LogP contribution in [0.2, 0.25) is 0 Å². The molecule has 0 amide bonds. The van der Waals surface area contributed by atoms with Crippen molar-refractivity contribution in [2.24, 2.45) is 0 Å². The van der Waals surface area contributed by atoms with Crippen molar-refractivity contribution in [1.82, 2.24) is 19.2 Å². The van der Waals surface area contributed by atoms with E-state index in [1.165, 1.54) is 17.3 Å². The number of rotatable bonds is 8. The van der Waals surface area contributed by atoms with Crippen molar-refractivity contribution in [3.05, 3.63) is 70.0 Å². The van der Waals surface area contributed by atoms with Gasteiger partial charge in [-0.25, -0.2) is 0 Å². The van der Waals surface area contributed by atoms with Crippen LogP contribution >= 0.6 is 11.8 Å². The highest BCUT2D eigenvalue weighted by molar-refractivity contribution is 7.99. The molecule has 0 aliphatic rings. The number of thioether (sulfide) groups is 1. The van der Waals surface area contributed by atoms with Crippen LogP contribution in [0.4, 0.5) is 0 Å². The van der Waals surface area contributed by atoms with Gasteiger partial charge in [-0.05, 0) is 30.5 Å². The van der Waals surface area contributed by atoms with Gasteiger partial charge >= 0.3 is 0 Å². The lowest BCUT2D eigenvalue weighted by Crippen LogP contribution is -2.23. The van der Waals surface area contributed by atoms with E-state index < -0.39 is 0 Å². The minimum atomic E-state index is -0.0628. The van der Waals surface area contributed by atoms with Crippen molar-refractivity contribution in [2.75, 3.05) is 5.75 Å². The first-order chi connectivity index (χ1) is 14.6. The van der Waals surface area contributed by atoms with Crippen molar-refractivity contribution < 1.29 is 4.79 Å². The molecule has 0 N–H and O–H groups in total. The molecule has 0 fully saturated rings. The monoisotopic (exact) mass is 420 g/mol. The van der Waals surface area contributed by atoms with E-state index in [4.69, 9.17) is 0 Å². The number of Topliss-reactive ketones (excluding diaryl/α,β-unsaturated/α-hetero) is 1. The van der Waals surface area contributed by atoms with Gasteiger partial charge in [0.05, 0.1) is 16.7 Å². The highest BCUT2D eigenvalue weighted by atomic mass is 32.2. The normalized spacial score (nSPS) is 11.4. The Morgan fingerprint density at radius 3 is 2.50 bits per heavy atom. The van der Waals surface area contributed by atoms with Crippen LogP contribution in [0.25, 0.3) is 16.7 Å². The second-order valence-electron chi connectivity index (χ2n) is 7.25. The first-order valence-electron chi connectivity index (χ1n) is 10.3. The molecule has 0 saturated heterocycles. The summed E-state index contributed by atoms with van der Waals surface area (Å²) in [7, 11) is 0. The topological polar surface area (TPSA) is 69.3 Å². The molecule has 4 aromatic rings. The van der Waals surface area contributed by atoms with E-state index in [1.807, 2.05) is 59.9 Å². The third kappa shape index (κ3) is 3.77. The molecule has 0 spiro atoms. The van der Waals surface area contributed by atoms with Gasteiger partial charge in [0.15, 0.2) is 10.9 Å². The maximum absolute atomic E-state index is 12.9. The van der Waals surface area contributed by atoms with Gasteiger partial charge in [0, 0.05) is 12.1 Å². The summed E-state index contributed by atoms with van der Waals surface area (Å²) in [6.45, 7) is 4.73. The molecule has 0 aliphatic heterocycles. The van der Waals surface area contributed by atoms with Crippen molar-refractivity contribution in [3.63, 3.8) is 0 Å². The molecule has 0 unspecified atom stereocenters. The number of nitrogens with zero attached hydrogens (tertiary/aromatic N) is 4. The van der Waals surface area contributed by atoms with Gasteiger partial charge in [-0.1, -0.05) is 68.4 Å². The van der Waals surface area contributed by atoms with Crippen LogP contribution in [0.15, 0.2) is 58.5 Å². The van der Waals surface area contributed by atoms with Crippen molar-refractivity contribution >= 4 is 34.2 Å². The first kappa shape index (κ1) is 20.3. The zero-order valence-corrected chi connectivity index (χ0v) is 18.0. The Kier molecular flexibility index (Phi) is 5.99. The van der Waals surface area contributed by atoms with Crippen LogP contribution in [-0.2, 0) is 13.0 Å². The number of aromatic nitrogens is 4. The number of para-hydroxylation sites is 1. The molecule has 30 heavy (non-hydrogen) atoms. The molecule has 154 valence electrons. The Bertz CT molecular complexity index is 1260. The third-order valence-electron chi connectivity index (χ3n) is 5.07. The molecule has 2 heterocycles. The Balaban J connectivity index is 1.66. The average Bonchev–Trinajstić information content (AvgIpc) is 3.20. The lowest BCUT2D eigenvalue weighted by atomic mass is 10.1. The molecule has 4 rings (SSSR count). The number of aryl methyl sites for hydroxylation is 2. The zero-order valence-electron chi connectivity index (χ0n) is 17.2. The number of fused-ring (bicyclic) bond motifs is 3. The summed E-state index contributed by atoms with van der Waals surface area (Å²) in [5, 5.41) is 9.81. The largest absolute Gasteiger partial charge is 0.293 e. The lowest BCUT2D eigenvalue weighted by molar-refractivity contribution is 0.102. The molecule has 0 bridgehead atoms. The Labute approximate surface area is 178 Å². The quantitative estimate of drug-likeness (QED) is 0.312. The number of hydrogen-bond acceptors (Lipinski definition) is 5. The summed E-state index contributed by atoms with van der Waals surface area (Å²) in [5.41, 5.74) is 2.63. The predicted octanol–water partition coefficient (Wildman–Crippen LogP) is 4.38. The maximum Gasteiger partial charge on any atom is 0.262 e. The van der Waals surface area contributed by atoms with Gasteiger partial charge in [-0.2, -0.15) is 0 Å². The van der Waals surface area contributed by atoms with Gasteiger partial charge in [-0.15, -0.1) is 10.2 Å². The minimum absolute atomic E-state index is 0.0472. The van der Waals surface area contributed by atoms with E-state index >= 15 is 0 Å². The fraction of sp³-hybridized carbons (Fsp3) is 0.304. The summed E-state index contributed by atoms with van der Waals surface area (Å²) in [5.74, 6) is 0.820. The van der Waals surface area contributed by atoms with Crippen LogP contribution in [0, 0.1) is 0 Å². The van der Waals surface area contributed by atoms with Gasteiger partial charge < -0.3 is 0 Å². The second-order valence-corrected chi connectivity index (χ2v) is 8.19. The number of ketones is 1. The Morgan fingerprint density at radius 2 is 1.77 bits per heavy atom. The number of carbonyl (C=O) groups is 1. The average molecular weight is 421 g/mol. The summed E-state index contributed by atoms with van der Waals surface area (Å²) in [6, 6.07) is 15.3. The van der Waals surface area contributed by atoms with Crippen LogP contribution in [0.3, 0.4) is 0 Å². The first-order valence-corrected chi connectivity index (χ1v) is 11.2. The van der Waals surface area contributed by atoms with E-state index in [-0.39, 0.29) is 17.1 Å². The molecule has 0 aliphatic carbocycles. The van der Waals surface area contributed by atoms with Crippen LogP contribution in [-0.4, -0.2) is 30.7 Å². The predicted molar refractivity (Wildman–Crippen MR) is 121 cm³/mol. The zero-order chi connectivity index (χ0) is 21.1. The number of hydrogen-bond donors (Lipinski definition) is 0. The molecule has 0 atom stereocenters. The standard InChI is InChI=1S/C23H24N4O2S/c1-3-7-16-10-12-17(13-11-16)20(28)15-30-23-25-24-22-26(14-4-2)21(29)18-8-5-6-9-19(18)27(22)23/h5-6,8-13H,3-4,7,14-15H2,1-2H3. The van der Waals surface area contributed by atoms with E-state index in [1.54, 1.807) is 4.57 Å². The molecule has 0 radical (unpaired) electrons. The van der Waals surface area contributed by atoms with Gasteiger partial charge in [0.1, 0.15) is 0 Å². The van der Waals surface area contributed by atoms with Crippen molar-refractivity contribution in [3.8, 4) is 0 Å². The molecular formula is C23H24N4O2S. The van der Waals surface area contributed by atoms with Crippen LogP contribution in [0.1, 0.15) is 42.6 Å². The molecule has 2 aromatic heterocycles.